The Kier molecular flexibility index (Phi) is 3.66. The number of carboxylic acids is 1. The molecule has 0 radical (unpaired) electrons. The van der Waals surface area contributed by atoms with Gasteiger partial charge < -0.3 is 10.4 Å². The minimum atomic E-state index is -1.02. The highest BCUT2D eigenvalue weighted by molar-refractivity contribution is 5.94. The van der Waals surface area contributed by atoms with E-state index in [0.717, 1.165) is 11.8 Å². The number of carbonyl (C=O) groups excluding carboxylic acids is 1. The van der Waals surface area contributed by atoms with Gasteiger partial charge in [-0.05, 0) is 56.1 Å². The van der Waals surface area contributed by atoms with Gasteiger partial charge in [-0.25, -0.2) is 9.78 Å². The maximum Gasteiger partial charge on any atom is 0.337 e. The van der Waals surface area contributed by atoms with Crippen molar-refractivity contribution >= 4 is 11.9 Å². The van der Waals surface area contributed by atoms with Gasteiger partial charge in [0.25, 0.3) is 5.91 Å². The van der Waals surface area contributed by atoms with Gasteiger partial charge >= 0.3 is 5.97 Å². The SMILES string of the molecule is Cc1nc(C(=O)NCC2CC3CCC2C3)ccc1C(=O)O. The fourth-order valence-electron chi connectivity index (χ4n) is 3.85. The van der Waals surface area contributed by atoms with Crippen LogP contribution in [0.2, 0.25) is 0 Å². The molecule has 3 unspecified atom stereocenters. The number of carboxylic acid groups (broad SMARTS) is 1. The second kappa shape index (κ2) is 5.47. The molecule has 0 spiro atoms. The number of nitrogens with zero attached hydrogens (tertiary/aromatic N) is 1. The van der Waals surface area contributed by atoms with E-state index in [0.29, 0.717) is 23.9 Å². The topological polar surface area (TPSA) is 79.3 Å². The second-order valence-electron chi connectivity index (χ2n) is 6.28. The third-order valence-electron chi connectivity index (χ3n) is 4.96. The predicted molar refractivity (Wildman–Crippen MR) is 77.2 cm³/mol. The fraction of sp³-hybridized carbons (Fsp3) is 0.562. The van der Waals surface area contributed by atoms with Gasteiger partial charge in [0, 0.05) is 6.54 Å². The number of carbonyl (C=O) groups is 2. The Bertz CT molecular complexity index is 585. The van der Waals surface area contributed by atoms with Crippen LogP contribution in [-0.4, -0.2) is 28.5 Å². The molecule has 2 aliphatic rings. The van der Waals surface area contributed by atoms with Gasteiger partial charge in [-0.1, -0.05) is 6.42 Å². The van der Waals surface area contributed by atoms with Crippen LogP contribution in [0.1, 0.15) is 52.2 Å². The zero-order valence-corrected chi connectivity index (χ0v) is 12.1. The van der Waals surface area contributed by atoms with Crippen molar-refractivity contribution in [2.24, 2.45) is 17.8 Å². The first-order chi connectivity index (χ1) is 10.0. The summed E-state index contributed by atoms with van der Waals surface area (Å²) in [6, 6.07) is 2.92. The molecule has 0 aliphatic heterocycles. The summed E-state index contributed by atoms with van der Waals surface area (Å²) in [6.07, 6.45) is 5.21. The van der Waals surface area contributed by atoms with Gasteiger partial charge in [0.15, 0.2) is 0 Å². The first-order valence-corrected chi connectivity index (χ1v) is 7.53. The van der Waals surface area contributed by atoms with Crippen LogP contribution in [0.25, 0.3) is 0 Å². The highest BCUT2D eigenvalue weighted by Gasteiger charge is 2.39. The number of aromatic carboxylic acids is 1. The summed E-state index contributed by atoms with van der Waals surface area (Å²) in [5.74, 6) is 1.02. The number of aryl methyl sites for hydroxylation is 1. The van der Waals surface area contributed by atoms with E-state index in [9.17, 15) is 9.59 Å². The lowest BCUT2D eigenvalue weighted by Crippen LogP contribution is -2.32. The van der Waals surface area contributed by atoms with Crippen molar-refractivity contribution in [1.29, 1.82) is 0 Å². The highest BCUT2D eigenvalue weighted by Crippen LogP contribution is 2.47. The van der Waals surface area contributed by atoms with E-state index in [1.54, 1.807) is 6.92 Å². The lowest BCUT2D eigenvalue weighted by Gasteiger charge is -2.21. The molecule has 1 heterocycles. The fourth-order valence-corrected chi connectivity index (χ4v) is 3.85. The van der Waals surface area contributed by atoms with Gasteiger partial charge in [-0.3, -0.25) is 4.79 Å². The molecule has 2 N–H and O–H groups in total. The van der Waals surface area contributed by atoms with Crippen molar-refractivity contribution in [1.82, 2.24) is 10.3 Å². The van der Waals surface area contributed by atoms with Crippen molar-refractivity contribution in [3.63, 3.8) is 0 Å². The Morgan fingerprint density at radius 2 is 2.14 bits per heavy atom. The smallest absolute Gasteiger partial charge is 0.337 e. The molecule has 2 fully saturated rings. The first kappa shape index (κ1) is 14.0. The van der Waals surface area contributed by atoms with Gasteiger partial charge in [0.1, 0.15) is 5.69 Å². The van der Waals surface area contributed by atoms with E-state index < -0.39 is 5.97 Å². The molecule has 2 saturated carbocycles. The molecule has 2 aliphatic carbocycles. The highest BCUT2D eigenvalue weighted by atomic mass is 16.4. The zero-order valence-electron chi connectivity index (χ0n) is 12.1. The molecular weight excluding hydrogens is 268 g/mol. The maximum absolute atomic E-state index is 12.1. The summed E-state index contributed by atoms with van der Waals surface area (Å²) in [6.45, 7) is 2.32. The summed E-state index contributed by atoms with van der Waals surface area (Å²) in [4.78, 5) is 27.1. The molecule has 21 heavy (non-hydrogen) atoms. The third-order valence-corrected chi connectivity index (χ3v) is 4.96. The number of rotatable bonds is 4. The largest absolute Gasteiger partial charge is 0.478 e. The van der Waals surface area contributed by atoms with Crippen molar-refractivity contribution < 1.29 is 14.7 Å². The Hall–Kier alpha value is -1.91. The zero-order chi connectivity index (χ0) is 15.0. The van der Waals surface area contributed by atoms with Gasteiger partial charge in [0.2, 0.25) is 0 Å². The Balaban J connectivity index is 1.60. The Morgan fingerprint density at radius 1 is 1.33 bits per heavy atom. The summed E-state index contributed by atoms with van der Waals surface area (Å²) >= 11 is 0. The molecular formula is C16H20N2O3. The first-order valence-electron chi connectivity index (χ1n) is 7.53. The van der Waals surface area contributed by atoms with E-state index >= 15 is 0 Å². The van der Waals surface area contributed by atoms with Gasteiger partial charge in [-0.15, -0.1) is 0 Å². The van der Waals surface area contributed by atoms with E-state index in [4.69, 9.17) is 5.11 Å². The minimum absolute atomic E-state index is 0.139. The molecule has 3 rings (SSSR count). The van der Waals surface area contributed by atoms with E-state index in [-0.39, 0.29) is 11.5 Å². The second-order valence-corrected chi connectivity index (χ2v) is 6.28. The maximum atomic E-state index is 12.1. The predicted octanol–water partition coefficient (Wildman–Crippen LogP) is 2.25. The Morgan fingerprint density at radius 3 is 2.71 bits per heavy atom. The molecule has 0 aromatic carbocycles. The summed E-state index contributed by atoms with van der Waals surface area (Å²) < 4.78 is 0. The van der Waals surface area contributed by atoms with Crippen LogP contribution in [0.4, 0.5) is 0 Å². The number of fused-ring (bicyclic) bond motifs is 2. The lowest BCUT2D eigenvalue weighted by molar-refractivity contribution is 0.0694. The normalized spacial score (nSPS) is 26.8. The summed E-state index contributed by atoms with van der Waals surface area (Å²) in [5, 5.41) is 11.9. The van der Waals surface area contributed by atoms with Gasteiger partial charge in [0.05, 0.1) is 11.3 Å². The van der Waals surface area contributed by atoms with Crippen LogP contribution in [0.15, 0.2) is 12.1 Å². The van der Waals surface area contributed by atoms with Crippen molar-refractivity contribution in [3.8, 4) is 0 Å². The lowest BCUT2D eigenvalue weighted by atomic mass is 9.89. The quantitative estimate of drug-likeness (QED) is 0.890. The summed E-state index contributed by atoms with van der Waals surface area (Å²) in [5.41, 5.74) is 0.801. The van der Waals surface area contributed by atoms with Crippen LogP contribution in [0.3, 0.4) is 0 Å². The minimum Gasteiger partial charge on any atom is -0.478 e. The van der Waals surface area contributed by atoms with E-state index in [2.05, 4.69) is 10.3 Å². The molecule has 3 atom stereocenters. The number of hydrogen-bond donors (Lipinski definition) is 2. The van der Waals surface area contributed by atoms with Crippen LogP contribution in [0, 0.1) is 24.7 Å². The monoisotopic (exact) mass is 288 g/mol. The molecule has 112 valence electrons. The van der Waals surface area contributed by atoms with Crippen molar-refractivity contribution in [2.45, 2.75) is 32.6 Å². The average molecular weight is 288 g/mol. The third kappa shape index (κ3) is 2.77. The molecule has 2 bridgehead atoms. The standard InChI is InChI=1S/C16H20N2O3/c1-9-13(16(20)21)4-5-14(18-9)15(19)17-8-12-7-10-2-3-11(12)6-10/h4-5,10-12H,2-3,6-8H2,1H3,(H,17,19)(H,20,21). The number of aromatic nitrogens is 1. The van der Waals surface area contributed by atoms with Crippen molar-refractivity contribution in [3.05, 3.63) is 29.1 Å². The van der Waals surface area contributed by atoms with Crippen LogP contribution in [-0.2, 0) is 0 Å². The van der Waals surface area contributed by atoms with Crippen LogP contribution in [0.5, 0.6) is 0 Å². The molecule has 5 nitrogen and oxygen atoms in total. The summed E-state index contributed by atoms with van der Waals surface area (Å²) in [7, 11) is 0. The molecule has 1 aromatic rings. The number of amides is 1. The van der Waals surface area contributed by atoms with E-state index in [1.165, 1.54) is 37.8 Å². The number of nitrogens with one attached hydrogen (secondary N) is 1. The number of hydrogen-bond acceptors (Lipinski definition) is 3. The average Bonchev–Trinajstić information content (AvgIpc) is 3.06. The molecule has 1 amide bonds. The van der Waals surface area contributed by atoms with Gasteiger partial charge in [-0.2, -0.15) is 0 Å². The van der Waals surface area contributed by atoms with E-state index in [1.807, 2.05) is 0 Å². The van der Waals surface area contributed by atoms with Crippen LogP contribution < -0.4 is 5.32 Å². The molecule has 5 heteroatoms. The van der Waals surface area contributed by atoms with Crippen molar-refractivity contribution in [2.75, 3.05) is 6.54 Å². The number of pyridine rings is 1. The Labute approximate surface area is 123 Å². The van der Waals surface area contributed by atoms with Crippen LogP contribution >= 0.6 is 0 Å². The molecule has 0 saturated heterocycles. The molecule has 1 aromatic heterocycles.